The fourth-order valence-electron chi connectivity index (χ4n) is 1.99. The van der Waals surface area contributed by atoms with Gasteiger partial charge in [-0.05, 0) is 32.0 Å². The van der Waals surface area contributed by atoms with Crippen LogP contribution in [0, 0.1) is 0 Å². The lowest BCUT2D eigenvalue weighted by atomic mass is 10.3. The van der Waals surface area contributed by atoms with Crippen LogP contribution in [0.2, 0.25) is 10.0 Å². The van der Waals surface area contributed by atoms with Gasteiger partial charge in [0.2, 0.25) is 0 Å². The number of benzene rings is 1. The molecule has 116 valence electrons. The smallest absolute Gasteiger partial charge is 0.272 e. The zero-order chi connectivity index (χ0) is 16.1. The van der Waals surface area contributed by atoms with Crippen molar-refractivity contribution in [3.63, 3.8) is 0 Å². The maximum atomic E-state index is 12.3. The van der Waals surface area contributed by atoms with Gasteiger partial charge in [-0.1, -0.05) is 23.2 Å². The number of nitrogens with one attached hydrogen (secondary N) is 1. The highest BCUT2D eigenvalue weighted by Crippen LogP contribution is 2.24. The number of anilines is 2. The van der Waals surface area contributed by atoms with Crippen LogP contribution < -0.4 is 5.32 Å². The number of hydrogen-bond acceptors (Lipinski definition) is 4. The molecule has 0 radical (unpaired) electrons. The van der Waals surface area contributed by atoms with Crippen LogP contribution in [0.5, 0.6) is 0 Å². The van der Waals surface area contributed by atoms with Crippen LogP contribution in [0.4, 0.5) is 11.5 Å². The fourth-order valence-corrected chi connectivity index (χ4v) is 2.52. The molecular weight excluding hydrogens is 323 g/mol. The highest BCUT2D eigenvalue weighted by molar-refractivity contribution is 6.35. The molecule has 0 atom stereocenters. The van der Waals surface area contributed by atoms with Gasteiger partial charge in [0.25, 0.3) is 5.91 Å². The molecule has 22 heavy (non-hydrogen) atoms. The lowest BCUT2D eigenvalue weighted by Crippen LogP contribution is -2.31. The van der Waals surface area contributed by atoms with Gasteiger partial charge in [0, 0.05) is 34.9 Å². The van der Waals surface area contributed by atoms with Gasteiger partial charge in [0.05, 0.1) is 0 Å². The molecule has 1 aromatic heterocycles. The largest absolute Gasteiger partial charge is 0.340 e. The van der Waals surface area contributed by atoms with Crippen molar-refractivity contribution in [3.8, 4) is 0 Å². The predicted octanol–water partition coefficient (Wildman–Crippen LogP) is 4.01. The second-order valence-corrected chi connectivity index (χ2v) is 5.42. The molecule has 0 saturated carbocycles. The first-order valence-corrected chi connectivity index (χ1v) is 7.63. The van der Waals surface area contributed by atoms with E-state index in [1.807, 2.05) is 13.8 Å². The first kappa shape index (κ1) is 16.5. The molecule has 0 unspecified atom stereocenters. The van der Waals surface area contributed by atoms with Gasteiger partial charge < -0.3 is 10.2 Å². The Labute approximate surface area is 139 Å². The van der Waals surface area contributed by atoms with E-state index in [1.165, 1.54) is 6.33 Å². The van der Waals surface area contributed by atoms with Gasteiger partial charge in [-0.25, -0.2) is 9.97 Å². The Kier molecular flexibility index (Phi) is 5.57. The monoisotopic (exact) mass is 338 g/mol. The van der Waals surface area contributed by atoms with E-state index in [2.05, 4.69) is 15.3 Å². The van der Waals surface area contributed by atoms with Gasteiger partial charge in [0.15, 0.2) is 0 Å². The average Bonchev–Trinajstić information content (AvgIpc) is 2.47. The van der Waals surface area contributed by atoms with E-state index in [9.17, 15) is 4.79 Å². The molecule has 0 fully saturated rings. The predicted molar refractivity (Wildman–Crippen MR) is 89.0 cm³/mol. The Balaban J connectivity index is 2.23. The zero-order valence-electron chi connectivity index (χ0n) is 12.3. The second-order valence-electron chi connectivity index (χ2n) is 4.55. The minimum absolute atomic E-state index is 0.125. The van der Waals surface area contributed by atoms with E-state index in [1.54, 1.807) is 29.2 Å². The van der Waals surface area contributed by atoms with Crippen LogP contribution in [0.1, 0.15) is 24.3 Å². The van der Waals surface area contributed by atoms with Crippen molar-refractivity contribution in [1.82, 2.24) is 14.9 Å². The molecule has 2 rings (SSSR count). The number of carbonyl (C=O) groups is 1. The SMILES string of the molecule is CCN(CC)C(=O)c1cc(Nc2cc(Cl)cc(Cl)c2)ncn1. The Morgan fingerprint density at radius 3 is 2.32 bits per heavy atom. The molecule has 1 aromatic carbocycles. The topological polar surface area (TPSA) is 58.1 Å². The summed E-state index contributed by atoms with van der Waals surface area (Å²) in [5.41, 5.74) is 1.03. The molecule has 0 spiro atoms. The Morgan fingerprint density at radius 1 is 1.09 bits per heavy atom. The van der Waals surface area contributed by atoms with E-state index < -0.39 is 0 Å². The van der Waals surface area contributed by atoms with Crippen molar-refractivity contribution in [2.75, 3.05) is 18.4 Å². The highest BCUT2D eigenvalue weighted by atomic mass is 35.5. The number of nitrogens with zero attached hydrogens (tertiary/aromatic N) is 3. The van der Waals surface area contributed by atoms with E-state index in [-0.39, 0.29) is 5.91 Å². The average molecular weight is 339 g/mol. The van der Waals surface area contributed by atoms with Gasteiger partial charge in [0.1, 0.15) is 17.8 Å². The van der Waals surface area contributed by atoms with Crippen molar-refractivity contribution in [2.24, 2.45) is 0 Å². The van der Waals surface area contributed by atoms with Gasteiger partial charge in [-0.15, -0.1) is 0 Å². The molecule has 5 nitrogen and oxygen atoms in total. The zero-order valence-corrected chi connectivity index (χ0v) is 13.8. The number of halogens is 2. The van der Waals surface area contributed by atoms with Crippen molar-refractivity contribution in [2.45, 2.75) is 13.8 Å². The first-order chi connectivity index (χ1) is 10.5. The maximum Gasteiger partial charge on any atom is 0.272 e. The van der Waals surface area contributed by atoms with Crippen LogP contribution in [-0.2, 0) is 0 Å². The molecule has 0 bridgehead atoms. The summed E-state index contributed by atoms with van der Waals surface area (Å²) in [7, 11) is 0. The number of aromatic nitrogens is 2. The van der Waals surface area contributed by atoms with Gasteiger partial charge >= 0.3 is 0 Å². The molecular formula is C15H16Cl2N4O. The van der Waals surface area contributed by atoms with Gasteiger partial charge in [-0.3, -0.25) is 4.79 Å². The van der Waals surface area contributed by atoms with E-state index in [4.69, 9.17) is 23.2 Å². The summed E-state index contributed by atoms with van der Waals surface area (Å²) in [5, 5.41) is 4.10. The number of rotatable bonds is 5. The van der Waals surface area contributed by atoms with E-state index in [0.717, 1.165) is 0 Å². The van der Waals surface area contributed by atoms with Crippen LogP contribution in [0.3, 0.4) is 0 Å². The summed E-state index contributed by atoms with van der Waals surface area (Å²) < 4.78 is 0. The quantitative estimate of drug-likeness (QED) is 0.894. The lowest BCUT2D eigenvalue weighted by Gasteiger charge is -2.18. The summed E-state index contributed by atoms with van der Waals surface area (Å²) >= 11 is 11.9. The number of amides is 1. The third kappa shape index (κ3) is 4.08. The Morgan fingerprint density at radius 2 is 1.73 bits per heavy atom. The molecule has 0 aliphatic heterocycles. The Hall–Kier alpha value is -1.85. The molecule has 1 heterocycles. The third-order valence-corrected chi connectivity index (χ3v) is 3.51. The first-order valence-electron chi connectivity index (χ1n) is 6.88. The van der Waals surface area contributed by atoms with Crippen LogP contribution in [0.25, 0.3) is 0 Å². The molecule has 0 saturated heterocycles. The minimum atomic E-state index is -0.125. The van der Waals surface area contributed by atoms with Crippen LogP contribution >= 0.6 is 23.2 Å². The summed E-state index contributed by atoms with van der Waals surface area (Å²) in [6, 6.07) is 6.70. The minimum Gasteiger partial charge on any atom is -0.340 e. The summed E-state index contributed by atoms with van der Waals surface area (Å²) in [6.07, 6.45) is 1.35. The van der Waals surface area contributed by atoms with Crippen molar-refractivity contribution >= 4 is 40.6 Å². The number of hydrogen-bond donors (Lipinski definition) is 1. The lowest BCUT2D eigenvalue weighted by molar-refractivity contribution is 0.0767. The van der Waals surface area contributed by atoms with Crippen molar-refractivity contribution in [3.05, 3.63) is 46.3 Å². The molecule has 0 aliphatic carbocycles. The second kappa shape index (κ2) is 7.42. The van der Waals surface area contributed by atoms with Gasteiger partial charge in [-0.2, -0.15) is 0 Å². The van der Waals surface area contributed by atoms with Crippen LogP contribution in [-0.4, -0.2) is 33.9 Å². The fraction of sp³-hybridized carbons (Fsp3) is 0.267. The standard InChI is InChI=1S/C15H16Cl2N4O/c1-3-21(4-2)15(22)13-8-14(19-9-18-13)20-12-6-10(16)5-11(17)7-12/h5-9H,3-4H2,1-2H3,(H,18,19,20). The summed E-state index contributed by atoms with van der Waals surface area (Å²) in [4.78, 5) is 22.1. The Bertz CT molecular complexity index is 654. The maximum absolute atomic E-state index is 12.3. The van der Waals surface area contributed by atoms with Crippen LogP contribution in [0.15, 0.2) is 30.6 Å². The molecule has 0 aliphatic rings. The molecule has 7 heteroatoms. The van der Waals surface area contributed by atoms with Crippen molar-refractivity contribution < 1.29 is 4.79 Å². The van der Waals surface area contributed by atoms with Crippen molar-refractivity contribution in [1.29, 1.82) is 0 Å². The number of carbonyl (C=O) groups excluding carboxylic acids is 1. The molecule has 1 N–H and O–H groups in total. The highest BCUT2D eigenvalue weighted by Gasteiger charge is 2.14. The summed E-state index contributed by atoms with van der Waals surface area (Å²) in [5.74, 6) is 0.378. The molecule has 2 aromatic rings. The third-order valence-electron chi connectivity index (χ3n) is 3.07. The van der Waals surface area contributed by atoms with E-state index >= 15 is 0 Å². The normalized spacial score (nSPS) is 10.4. The summed E-state index contributed by atoms with van der Waals surface area (Å²) in [6.45, 7) is 5.11. The molecule has 1 amide bonds. The van der Waals surface area contributed by atoms with E-state index in [0.29, 0.717) is 40.3 Å².